The molecule has 0 spiro atoms. The number of carbonyl (C=O) groups is 1. The van der Waals surface area contributed by atoms with E-state index < -0.39 is 0 Å². The van der Waals surface area contributed by atoms with Gasteiger partial charge in [0.2, 0.25) is 0 Å². The highest BCUT2D eigenvalue weighted by Crippen LogP contribution is 2.23. The van der Waals surface area contributed by atoms with Crippen LogP contribution in [0.3, 0.4) is 0 Å². The SMILES string of the molecule is Cc1cc(-c2nc(C(=O)CCC3CCCOC3)cn2Cc2ccccc2)cn(C)c1=O. The second-order valence-electron chi connectivity index (χ2n) is 8.44. The average Bonchev–Trinajstić information content (AvgIpc) is 3.20. The Morgan fingerprint density at radius 2 is 2.03 bits per heavy atom. The van der Waals surface area contributed by atoms with Crippen LogP contribution in [0.1, 0.15) is 47.3 Å². The maximum Gasteiger partial charge on any atom is 0.253 e. The highest BCUT2D eigenvalue weighted by molar-refractivity contribution is 5.94. The van der Waals surface area contributed by atoms with Crippen LogP contribution in [-0.4, -0.2) is 33.1 Å². The lowest BCUT2D eigenvalue weighted by Gasteiger charge is -2.21. The van der Waals surface area contributed by atoms with E-state index in [1.807, 2.05) is 35.0 Å². The van der Waals surface area contributed by atoms with Crippen LogP contribution in [0.25, 0.3) is 11.4 Å². The minimum Gasteiger partial charge on any atom is -0.381 e. The van der Waals surface area contributed by atoms with E-state index in [9.17, 15) is 9.59 Å². The molecule has 0 radical (unpaired) electrons. The zero-order valence-corrected chi connectivity index (χ0v) is 18.2. The molecule has 0 N–H and O–H groups in total. The van der Waals surface area contributed by atoms with Crippen LogP contribution in [-0.2, 0) is 18.3 Å². The van der Waals surface area contributed by atoms with E-state index >= 15 is 0 Å². The third kappa shape index (κ3) is 5.02. The molecule has 1 unspecified atom stereocenters. The van der Waals surface area contributed by atoms with Crippen molar-refractivity contribution in [1.82, 2.24) is 14.1 Å². The maximum absolute atomic E-state index is 13.0. The molecule has 31 heavy (non-hydrogen) atoms. The molecular weight excluding hydrogens is 390 g/mol. The number of pyridine rings is 1. The van der Waals surface area contributed by atoms with Gasteiger partial charge in [0, 0.05) is 56.7 Å². The molecule has 1 saturated heterocycles. The molecule has 162 valence electrons. The second-order valence-corrected chi connectivity index (χ2v) is 8.44. The molecule has 3 heterocycles. The van der Waals surface area contributed by atoms with Crippen molar-refractivity contribution in [3.8, 4) is 11.4 Å². The highest BCUT2D eigenvalue weighted by Gasteiger charge is 2.20. The number of aromatic nitrogens is 3. The van der Waals surface area contributed by atoms with Gasteiger partial charge in [0.25, 0.3) is 5.56 Å². The van der Waals surface area contributed by atoms with Crippen molar-refractivity contribution in [1.29, 1.82) is 0 Å². The molecule has 1 aliphatic heterocycles. The molecule has 0 bridgehead atoms. The first-order chi connectivity index (χ1) is 15.0. The van der Waals surface area contributed by atoms with E-state index in [4.69, 9.17) is 9.72 Å². The van der Waals surface area contributed by atoms with Crippen molar-refractivity contribution in [3.05, 3.63) is 76.0 Å². The van der Waals surface area contributed by atoms with E-state index in [0.717, 1.165) is 43.6 Å². The standard InChI is InChI=1S/C25H29N3O3/c1-18-13-21(15-27(2)25(18)30)24-26-22(16-28(24)14-19-7-4-3-5-8-19)23(29)11-10-20-9-6-12-31-17-20/h3-5,7-8,13,15-16,20H,6,9-12,14,17H2,1-2H3. The van der Waals surface area contributed by atoms with Gasteiger partial charge in [-0.15, -0.1) is 0 Å². The van der Waals surface area contributed by atoms with Crippen molar-refractivity contribution >= 4 is 5.78 Å². The molecule has 2 aromatic heterocycles. The van der Waals surface area contributed by atoms with Crippen LogP contribution in [0.2, 0.25) is 0 Å². The van der Waals surface area contributed by atoms with Crippen LogP contribution in [0.15, 0.2) is 53.6 Å². The van der Waals surface area contributed by atoms with Crippen molar-refractivity contribution in [3.63, 3.8) is 0 Å². The van der Waals surface area contributed by atoms with E-state index in [1.54, 1.807) is 24.7 Å². The number of ether oxygens (including phenoxy) is 1. The number of hydrogen-bond donors (Lipinski definition) is 0. The predicted octanol–water partition coefficient (Wildman–Crippen LogP) is 4.00. The van der Waals surface area contributed by atoms with Crippen molar-refractivity contribution in [2.24, 2.45) is 13.0 Å². The van der Waals surface area contributed by atoms with Crippen LogP contribution < -0.4 is 5.56 Å². The summed E-state index contributed by atoms with van der Waals surface area (Å²) >= 11 is 0. The summed E-state index contributed by atoms with van der Waals surface area (Å²) in [6, 6.07) is 11.9. The summed E-state index contributed by atoms with van der Waals surface area (Å²) in [5.41, 5.74) is 3.06. The number of imidazole rings is 1. The molecule has 1 aromatic carbocycles. The summed E-state index contributed by atoms with van der Waals surface area (Å²) < 4.78 is 9.11. The van der Waals surface area contributed by atoms with Gasteiger partial charge in [-0.3, -0.25) is 9.59 Å². The molecular formula is C25H29N3O3. The van der Waals surface area contributed by atoms with Gasteiger partial charge in [0.05, 0.1) is 0 Å². The first-order valence-electron chi connectivity index (χ1n) is 10.9. The molecule has 1 atom stereocenters. The van der Waals surface area contributed by atoms with Crippen LogP contribution in [0.4, 0.5) is 0 Å². The van der Waals surface area contributed by atoms with Crippen LogP contribution in [0.5, 0.6) is 0 Å². The van der Waals surface area contributed by atoms with Gasteiger partial charge in [-0.25, -0.2) is 4.98 Å². The molecule has 4 rings (SSSR count). The fourth-order valence-corrected chi connectivity index (χ4v) is 4.18. The largest absolute Gasteiger partial charge is 0.381 e. The Hall–Kier alpha value is -2.99. The topological polar surface area (TPSA) is 66.1 Å². The Kier molecular flexibility index (Phi) is 6.47. The third-order valence-corrected chi connectivity index (χ3v) is 5.91. The lowest BCUT2D eigenvalue weighted by molar-refractivity contribution is 0.0502. The van der Waals surface area contributed by atoms with Gasteiger partial charge in [-0.05, 0) is 43.7 Å². The molecule has 6 heteroatoms. The lowest BCUT2D eigenvalue weighted by Crippen LogP contribution is -2.19. The summed E-state index contributed by atoms with van der Waals surface area (Å²) in [6.45, 7) is 3.98. The van der Waals surface area contributed by atoms with Gasteiger partial charge in [0.1, 0.15) is 11.5 Å². The Balaban J connectivity index is 1.63. The first kappa shape index (κ1) is 21.2. The Morgan fingerprint density at radius 3 is 2.74 bits per heavy atom. The van der Waals surface area contributed by atoms with E-state index in [2.05, 4.69) is 12.1 Å². The molecule has 0 amide bonds. The monoisotopic (exact) mass is 419 g/mol. The van der Waals surface area contributed by atoms with Gasteiger partial charge in [-0.1, -0.05) is 30.3 Å². The van der Waals surface area contributed by atoms with E-state index in [0.29, 0.717) is 36.0 Å². The minimum atomic E-state index is -0.0316. The molecule has 6 nitrogen and oxygen atoms in total. The Bertz CT molecular complexity index is 1080. The molecule has 0 aliphatic carbocycles. The number of carbonyl (C=O) groups excluding carboxylic acids is 1. The number of nitrogens with zero attached hydrogens (tertiary/aromatic N) is 3. The minimum absolute atomic E-state index is 0.0316. The maximum atomic E-state index is 13.0. The van der Waals surface area contributed by atoms with Gasteiger partial charge >= 0.3 is 0 Å². The number of Topliss-reactive ketones (excluding diaryl/α,β-unsaturated/α-hetero) is 1. The first-order valence-corrected chi connectivity index (χ1v) is 10.9. The zero-order valence-electron chi connectivity index (χ0n) is 18.2. The van der Waals surface area contributed by atoms with Crippen molar-refractivity contribution < 1.29 is 9.53 Å². The third-order valence-electron chi connectivity index (χ3n) is 5.91. The highest BCUT2D eigenvalue weighted by atomic mass is 16.5. The predicted molar refractivity (Wildman–Crippen MR) is 120 cm³/mol. The number of benzene rings is 1. The normalized spacial score (nSPS) is 16.4. The smallest absolute Gasteiger partial charge is 0.253 e. The summed E-state index contributed by atoms with van der Waals surface area (Å²) in [7, 11) is 1.74. The van der Waals surface area contributed by atoms with E-state index in [-0.39, 0.29) is 11.3 Å². The fourth-order valence-electron chi connectivity index (χ4n) is 4.18. The quantitative estimate of drug-likeness (QED) is 0.543. The molecule has 3 aromatic rings. The number of rotatable bonds is 7. The fraction of sp³-hybridized carbons (Fsp3) is 0.400. The summed E-state index contributed by atoms with van der Waals surface area (Å²) in [6.07, 6.45) is 7.13. The number of hydrogen-bond acceptors (Lipinski definition) is 4. The van der Waals surface area contributed by atoms with Crippen LogP contribution >= 0.6 is 0 Å². The zero-order chi connectivity index (χ0) is 21.8. The van der Waals surface area contributed by atoms with Gasteiger partial charge in [-0.2, -0.15) is 0 Å². The van der Waals surface area contributed by atoms with Crippen molar-refractivity contribution in [2.45, 2.75) is 39.2 Å². The lowest BCUT2D eigenvalue weighted by atomic mass is 9.95. The second kappa shape index (κ2) is 9.43. The summed E-state index contributed by atoms with van der Waals surface area (Å²) in [5, 5.41) is 0. The number of ketones is 1. The van der Waals surface area contributed by atoms with Crippen LogP contribution in [0, 0.1) is 12.8 Å². The summed E-state index contributed by atoms with van der Waals surface area (Å²) in [4.78, 5) is 29.8. The Labute approximate surface area is 182 Å². The van der Waals surface area contributed by atoms with Gasteiger partial charge in [0.15, 0.2) is 5.78 Å². The number of aryl methyl sites for hydroxylation is 2. The average molecular weight is 420 g/mol. The molecule has 1 aliphatic rings. The summed E-state index contributed by atoms with van der Waals surface area (Å²) in [5.74, 6) is 1.21. The van der Waals surface area contributed by atoms with Crippen molar-refractivity contribution in [2.75, 3.05) is 13.2 Å². The Morgan fingerprint density at radius 1 is 1.23 bits per heavy atom. The molecule has 1 fully saturated rings. The molecule has 0 saturated carbocycles. The van der Waals surface area contributed by atoms with E-state index in [1.165, 1.54) is 0 Å². The van der Waals surface area contributed by atoms with Gasteiger partial charge < -0.3 is 13.9 Å².